The van der Waals surface area contributed by atoms with Gasteiger partial charge in [0.25, 0.3) is 10.2 Å². The average Bonchev–Trinajstić information content (AvgIpc) is 2.90. The van der Waals surface area contributed by atoms with Crippen LogP contribution in [0.4, 0.5) is 0 Å². The zero-order chi connectivity index (χ0) is 17.5. The second-order valence-corrected chi connectivity index (χ2v) is 8.51. The number of aryl methyl sites for hydroxylation is 1. The molecular weight excluding hydrogens is 340 g/mol. The Kier molecular flexibility index (Phi) is 6.77. The normalized spacial score (nSPS) is 21.9. The van der Waals surface area contributed by atoms with E-state index >= 15 is 0 Å². The van der Waals surface area contributed by atoms with Crippen LogP contribution in [0.15, 0.2) is 24.5 Å². The van der Waals surface area contributed by atoms with Gasteiger partial charge in [-0.25, -0.2) is 0 Å². The summed E-state index contributed by atoms with van der Waals surface area (Å²) in [5.41, 5.74) is 1.26. The van der Waals surface area contributed by atoms with Crippen molar-refractivity contribution < 1.29 is 13.2 Å². The van der Waals surface area contributed by atoms with Crippen LogP contribution in [0.25, 0.3) is 0 Å². The highest BCUT2D eigenvalue weighted by Gasteiger charge is 2.31. The van der Waals surface area contributed by atoms with Gasteiger partial charge >= 0.3 is 0 Å². The summed E-state index contributed by atoms with van der Waals surface area (Å²) < 4.78 is 34.0. The van der Waals surface area contributed by atoms with Gasteiger partial charge < -0.3 is 9.64 Å². The SMILES string of the molecule is O=S(=O)(N1CCOCC1)N1CCCN(CCCc2cccnc2)CC1. The van der Waals surface area contributed by atoms with E-state index < -0.39 is 10.2 Å². The summed E-state index contributed by atoms with van der Waals surface area (Å²) in [4.78, 5) is 6.53. The van der Waals surface area contributed by atoms with Crippen LogP contribution in [0, 0.1) is 0 Å². The molecule has 2 aliphatic rings. The Balaban J connectivity index is 1.46. The van der Waals surface area contributed by atoms with E-state index in [-0.39, 0.29) is 0 Å². The maximum Gasteiger partial charge on any atom is 0.282 e. The van der Waals surface area contributed by atoms with Crippen LogP contribution in [0.2, 0.25) is 0 Å². The van der Waals surface area contributed by atoms with Crippen LogP contribution in [0.1, 0.15) is 18.4 Å². The van der Waals surface area contributed by atoms with Crippen molar-refractivity contribution in [1.82, 2.24) is 18.5 Å². The number of rotatable bonds is 6. The molecule has 7 nitrogen and oxygen atoms in total. The standard InChI is InChI=1S/C17H28N4O3S/c22-25(23,21-12-14-24-15-13-21)20-9-3-8-19(10-11-20)7-2-5-17-4-1-6-18-16-17/h1,4,6,16H,2-3,5,7-15H2. The molecule has 0 aliphatic carbocycles. The fourth-order valence-corrected chi connectivity index (χ4v) is 5.00. The molecule has 0 bridgehead atoms. The van der Waals surface area contributed by atoms with Crippen molar-refractivity contribution in [3.63, 3.8) is 0 Å². The minimum Gasteiger partial charge on any atom is -0.379 e. The Hall–Kier alpha value is -1.06. The van der Waals surface area contributed by atoms with Gasteiger partial charge in [0.05, 0.1) is 13.2 Å². The average molecular weight is 369 g/mol. The van der Waals surface area contributed by atoms with Gasteiger partial charge in [-0.15, -0.1) is 0 Å². The molecule has 140 valence electrons. The molecule has 1 aromatic heterocycles. The third kappa shape index (κ3) is 5.21. The summed E-state index contributed by atoms with van der Waals surface area (Å²) in [6.07, 6.45) is 6.68. The van der Waals surface area contributed by atoms with Gasteiger partial charge in [0.15, 0.2) is 0 Å². The Morgan fingerprint density at radius 2 is 1.84 bits per heavy atom. The van der Waals surface area contributed by atoms with Crippen molar-refractivity contribution >= 4 is 10.2 Å². The van der Waals surface area contributed by atoms with E-state index in [1.807, 2.05) is 12.3 Å². The largest absolute Gasteiger partial charge is 0.379 e. The number of pyridine rings is 1. The van der Waals surface area contributed by atoms with Gasteiger partial charge in [-0.05, 0) is 44.0 Å². The first kappa shape index (κ1) is 18.7. The summed E-state index contributed by atoms with van der Waals surface area (Å²) >= 11 is 0. The molecule has 0 saturated carbocycles. The first-order chi connectivity index (χ1) is 12.2. The third-order valence-corrected chi connectivity index (χ3v) is 6.87. The van der Waals surface area contributed by atoms with Gasteiger partial charge in [-0.1, -0.05) is 6.07 Å². The van der Waals surface area contributed by atoms with Crippen molar-refractivity contribution in [1.29, 1.82) is 0 Å². The van der Waals surface area contributed by atoms with Crippen molar-refractivity contribution in [2.24, 2.45) is 0 Å². The number of nitrogens with zero attached hydrogens (tertiary/aromatic N) is 4. The Bertz CT molecular complexity index is 620. The lowest BCUT2D eigenvalue weighted by Gasteiger charge is -2.31. The highest BCUT2D eigenvalue weighted by atomic mass is 32.2. The van der Waals surface area contributed by atoms with E-state index in [0.717, 1.165) is 38.9 Å². The predicted octanol–water partition coefficient (Wildman–Crippen LogP) is 0.599. The summed E-state index contributed by atoms with van der Waals surface area (Å²) in [6, 6.07) is 4.07. The fraction of sp³-hybridized carbons (Fsp3) is 0.706. The maximum atomic E-state index is 12.8. The van der Waals surface area contributed by atoms with Gasteiger partial charge in [0.2, 0.25) is 0 Å². The van der Waals surface area contributed by atoms with Gasteiger partial charge in [-0.3, -0.25) is 4.98 Å². The van der Waals surface area contributed by atoms with E-state index in [1.54, 1.807) is 14.8 Å². The van der Waals surface area contributed by atoms with Crippen LogP contribution in [-0.2, 0) is 21.4 Å². The number of hydrogen-bond donors (Lipinski definition) is 0. The van der Waals surface area contributed by atoms with Crippen LogP contribution in [-0.4, -0.2) is 85.9 Å². The lowest BCUT2D eigenvalue weighted by Crippen LogP contribution is -2.49. The van der Waals surface area contributed by atoms with E-state index in [1.165, 1.54) is 5.56 Å². The molecule has 0 atom stereocenters. The van der Waals surface area contributed by atoms with Crippen molar-refractivity contribution in [2.45, 2.75) is 19.3 Å². The second kappa shape index (κ2) is 9.05. The first-order valence-corrected chi connectivity index (χ1v) is 10.5. The molecular formula is C17H28N4O3S. The lowest BCUT2D eigenvalue weighted by atomic mass is 10.1. The van der Waals surface area contributed by atoms with E-state index in [4.69, 9.17) is 4.74 Å². The number of aromatic nitrogens is 1. The van der Waals surface area contributed by atoms with Crippen molar-refractivity contribution in [2.75, 3.05) is 59.0 Å². The van der Waals surface area contributed by atoms with Crippen LogP contribution in [0.5, 0.6) is 0 Å². The molecule has 8 heteroatoms. The predicted molar refractivity (Wildman–Crippen MR) is 96.5 cm³/mol. The molecule has 25 heavy (non-hydrogen) atoms. The molecule has 0 spiro atoms. The van der Waals surface area contributed by atoms with E-state index in [9.17, 15) is 8.42 Å². The summed E-state index contributed by atoms with van der Waals surface area (Å²) in [7, 11) is -3.34. The Morgan fingerprint density at radius 1 is 1.04 bits per heavy atom. The van der Waals surface area contributed by atoms with Gasteiger partial charge in [0, 0.05) is 45.1 Å². The van der Waals surface area contributed by atoms with Crippen LogP contribution < -0.4 is 0 Å². The van der Waals surface area contributed by atoms with Crippen molar-refractivity contribution in [3.8, 4) is 0 Å². The van der Waals surface area contributed by atoms with E-state index in [0.29, 0.717) is 39.4 Å². The topological polar surface area (TPSA) is 66.0 Å². The molecule has 0 N–H and O–H groups in total. The van der Waals surface area contributed by atoms with Gasteiger partial charge in [-0.2, -0.15) is 17.0 Å². The Morgan fingerprint density at radius 3 is 2.60 bits per heavy atom. The molecule has 0 amide bonds. The Labute approximate surface area is 150 Å². The number of ether oxygens (including phenoxy) is 1. The van der Waals surface area contributed by atoms with E-state index in [2.05, 4.69) is 16.0 Å². The highest BCUT2D eigenvalue weighted by molar-refractivity contribution is 7.86. The third-order valence-electron chi connectivity index (χ3n) is 4.83. The molecule has 3 rings (SSSR count). The fourth-order valence-electron chi connectivity index (χ4n) is 3.39. The highest BCUT2D eigenvalue weighted by Crippen LogP contribution is 2.14. The van der Waals surface area contributed by atoms with Crippen molar-refractivity contribution in [3.05, 3.63) is 30.1 Å². The molecule has 2 fully saturated rings. The summed E-state index contributed by atoms with van der Waals surface area (Å²) in [6.45, 7) is 5.87. The smallest absolute Gasteiger partial charge is 0.282 e. The monoisotopic (exact) mass is 368 g/mol. The number of morpholine rings is 1. The number of hydrogen-bond acceptors (Lipinski definition) is 5. The molecule has 0 radical (unpaired) electrons. The molecule has 2 aliphatic heterocycles. The molecule has 0 aromatic carbocycles. The van der Waals surface area contributed by atoms with Gasteiger partial charge in [0.1, 0.15) is 0 Å². The first-order valence-electron chi connectivity index (χ1n) is 9.10. The minimum atomic E-state index is -3.34. The molecule has 3 heterocycles. The zero-order valence-electron chi connectivity index (χ0n) is 14.7. The maximum absolute atomic E-state index is 12.8. The molecule has 2 saturated heterocycles. The summed E-state index contributed by atoms with van der Waals surface area (Å²) in [5, 5.41) is 0. The summed E-state index contributed by atoms with van der Waals surface area (Å²) in [5.74, 6) is 0. The zero-order valence-corrected chi connectivity index (χ0v) is 15.5. The van der Waals surface area contributed by atoms with Crippen LogP contribution in [0.3, 0.4) is 0 Å². The quantitative estimate of drug-likeness (QED) is 0.736. The molecule has 0 unspecified atom stereocenters. The second-order valence-electron chi connectivity index (χ2n) is 6.58. The van der Waals surface area contributed by atoms with Crippen LogP contribution >= 0.6 is 0 Å². The lowest BCUT2D eigenvalue weighted by molar-refractivity contribution is 0.0702. The minimum absolute atomic E-state index is 0.466. The molecule has 1 aromatic rings.